The van der Waals surface area contributed by atoms with Gasteiger partial charge in [-0.15, -0.1) is 11.3 Å². The van der Waals surface area contributed by atoms with Gasteiger partial charge < -0.3 is 14.6 Å². The number of fused-ring (bicyclic) bond motifs is 1. The molecule has 0 fully saturated rings. The Bertz CT molecular complexity index is 795. The average molecular weight is 315 g/mol. The van der Waals surface area contributed by atoms with Gasteiger partial charge in [0.2, 0.25) is 0 Å². The topological polar surface area (TPSA) is 68.7 Å². The van der Waals surface area contributed by atoms with Gasteiger partial charge in [0.05, 0.1) is 17.3 Å². The van der Waals surface area contributed by atoms with Crippen LogP contribution in [0.25, 0.3) is 10.2 Å². The Hall–Kier alpha value is -2.60. The number of hydrogen-bond donors (Lipinski definition) is 1. The van der Waals surface area contributed by atoms with Crippen LogP contribution in [0.2, 0.25) is 0 Å². The number of para-hydroxylation sites is 1. The number of esters is 1. The number of phenolic OH excluding ortho intramolecular Hbond substituents is 1. The van der Waals surface area contributed by atoms with Crippen LogP contribution in [0.3, 0.4) is 0 Å². The van der Waals surface area contributed by atoms with Crippen LogP contribution in [0.5, 0.6) is 11.5 Å². The first-order valence-corrected chi connectivity index (χ1v) is 7.37. The van der Waals surface area contributed by atoms with Crippen molar-refractivity contribution in [3.8, 4) is 11.5 Å². The maximum absolute atomic E-state index is 12.0. The summed E-state index contributed by atoms with van der Waals surface area (Å²) >= 11 is 1.47. The standard InChI is InChI=1S/C16H13NO4S/c1-20-10-6-7-11(13(18)8-10)16(19)21-9-15-17-12-4-2-3-5-14(12)22-15/h2-8,18H,9H2,1H3. The highest BCUT2D eigenvalue weighted by atomic mass is 32.1. The third kappa shape index (κ3) is 2.87. The number of ether oxygens (including phenoxy) is 2. The fourth-order valence-corrected chi connectivity index (χ4v) is 2.88. The van der Waals surface area contributed by atoms with Crippen molar-refractivity contribution in [1.29, 1.82) is 0 Å². The molecule has 0 radical (unpaired) electrons. The molecule has 0 aliphatic heterocycles. The fourth-order valence-electron chi connectivity index (χ4n) is 2.00. The van der Waals surface area contributed by atoms with Gasteiger partial charge in [0.1, 0.15) is 28.7 Å². The van der Waals surface area contributed by atoms with Crippen molar-refractivity contribution in [2.45, 2.75) is 6.61 Å². The molecule has 0 saturated carbocycles. The Morgan fingerprint density at radius 2 is 2.09 bits per heavy atom. The van der Waals surface area contributed by atoms with Crippen molar-refractivity contribution < 1.29 is 19.4 Å². The summed E-state index contributed by atoms with van der Waals surface area (Å²) in [7, 11) is 1.49. The summed E-state index contributed by atoms with van der Waals surface area (Å²) in [4.78, 5) is 16.4. The van der Waals surface area contributed by atoms with Gasteiger partial charge in [0, 0.05) is 6.07 Å². The summed E-state index contributed by atoms with van der Waals surface area (Å²) in [6.45, 7) is 0.0731. The second-order valence-corrected chi connectivity index (χ2v) is 5.65. The van der Waals surface area contributed by atoms with E-state index in [1.54, 1.807) is 6.07 Å². The Kier molecular flexibility index (Phi) is 3.93. The lowest BCUT2D eigenvalue weighted by atomic mass is 10.2. The number of aromatic hydroxyl groups is 1. The van der Waals surface area contributed by atoms with Crippen molar-refractivity contribution in [2.24, 2.45) is 0 Å². The molecule has 0 bridgehead atoms. The summed E-state index contributed by atoms with van der Waals surface area (Å²) < 4.78 is 11.2. The van der Waals surface area contributed by atoms with Crippen LogP contribution < -0.4 is 4.74 Å². The minimum atomic E-state index is -0.598. The van der Waals surface area contributed by atoms with Gasteiger partial charge in [-0.2, -0.15) is 0 Å². The van der Waals surface area contributed by atoms with E-state index < -0.39 is 5.97 Å². The van der Waals surface area contributed by atoms with Crippen molar-refractivity contribution in [3.63, 3.8) is 0 Å². The summed E-state index contributed by atoms with van der Waals surface area (Å²) in [5.74, 6) is -0.298. The van der Waals surface area contributed by atoms with E-state index in [1.165, 1.54) is 30.6 Å². The number of carbonyl (C=O) groups excluding carboxylic acids is 1. The summed E-state index contributed by atoms with van der Waals surface area (Å²) in [6, 6.07) is 12.1. The molecule has 1 heterocycles. The Balaban J connectivity index is 1.71. The smallest absolute Gasteiger partial charge is 0.342 e. The van der Waals surface area contributed by atoms with E-state index in [0.717, 1.165) is 10.2 Å². The van der Waals surface area contributed by atoms with Crippen LogP contribution in [0.1, 0.15) is 15.4 Å². The number of rotatable bonds is 4. The van der Waals surface area contributed by atoms with Gasteiger partial charge in [-0.05, 0) is 24.3 Å². The number of thiazole rings is 1. The highest BCUT2D eigenvalue weighted by Gasteiger charge is 2.14. The largest absolute Gasteiger partial charge is 0.507 e. The molecule has 22 heavy (non-hydrogen) atoms. The van der Waals surface area contributed by atoms with Gasteiger partial charge in [-0.1, -0.05) is 12.1 Å². The molecule has 3 rings (SSSR count). The van der Waals surface area contributed by atoms with E-state index in [0.29, 0.717) is 10.8 Å². The Morgan fingerprint density at radius 3 is 2.82 bits per heavy atom. The predicted molar refractivity (Wildman–Crippen MR) is 83.4 cm³/mol. The van der Waals surface area contributed by atoms with E-state index in [-0.39, 0.29) is 17.9 Å². The highest BCUT2D eigenvalue weighted by molar-refractivity contribution is 7.18. The molecular weight excluding hydrogens is 302 g/mol. The lowest BCUT2D eigenvalue weighted by Gasteiger charge is -2.06. The quantitative estimate of drug-likeness (QED) is 0.748. The average Bonchev–Trinajstić information content (AvgIpc) is 2.95. The van der Waals surface area contributed by atoms with Crippen molar-refractivity contribution >= 4 is 27.5 Å². The fraction of sp³-hybridized carbons (Fsp3) is 0.125. The number of methoxy groups -OCH3 is 1. The monoisotopic (exact) mass is 315 g/mol. The number of phenols is 1. The summed E-state index contributed by atoms with van der Waals surface area (Å²) in [5, 5.41) is 10.5. The number of hydrogen-bond acceptors (Lipinski definition) is 6. The third-order valence-electron chi connectivity index (χ3n) is 3.09. The molecule has 0 aliphatic carbocycles. The minimum Gasteiger partial charge on any atom is -0.507 e. The van der Waals surface area contributed by atoms with Crippen LogP contribution in [-0.2, 0) is 11.3 Å². The van der Waals surface area contributed by atoms with Gasteiger partial charge in [0.25, 0.3) is 0 Å². The molecule has 112 valence electrons. The molecule has 3 aromatic rings. The number of aromatic nitrogens is 1. The first kappa shape index (κ1) is 14.3. The molecule has 0 unspecified atom stereocenters. The SMILES string of the molecule is COc1ccc(C(=O)OCc2nc3ccccc3s2)c(O)c1. The normalized spacial score (nSPS) is 10.6. The molecule has 1 N–H and O–H groups in total. The van der Waals surface area contributed by atoms with Gasteiger partial charge in [0.15, 0.2) is 0 Å². The van der Waals surface area contributed by atoms with Crippen LogP contribution >= 0.6 is 11.3 Å². The molecule has 5 nitrogen and oxygen atoms in total. The number of carbonyl (C=O) groups is 1. The molecule has 0 saturated heterocycles. The van der Waals surface area contributed by atoms with E-state index in [1.807, 2.05) is 24.3 Å². The first-order chi connectivity index (χ1) is 10.7. The first-order valence-electron chi connectivity index (χ1n) is 6.56. The zero-order valence-corrected chi connectivity index (χ0v) is 12.6. The predicted octanol–water partition coefficient (Wildman–Crippen LogP) is 3.37. The molecule has 2 aromatic carbocycles. The van der Waals surface area contributed by atoms with Crippen molar-refractivity contribution in [2.75, 3.05) is 7.11 Å². The zero-order chi connectivity index (χ0) is 15.5. The van der Waals surface area contributed by atoms with Crippen molar-refractivity contribution in [1.82, 2.24) is 4.98 Å². The van der Waals surface area contributed by atoms with Gasteiger partial charge >= 0.3 is 5.97 Å². The van der Waals surface area contributed by atoms with E-state index >= 15 is 0 Å². The van der Waals surface area contributed by atoms with Crippen LogP contribution in [0.15, 0.2) is 42.5 Å². The van der Waals surface area contributed by atoms with E-state index in [9.17, 15) is 9.90 Å². The van der Waals surface area contributed by atoms with Crippen LogP contribution in [-0.4, -0.2) is 23.2 Å². The van der Waals surface area contributed by atoms with E-state index in [4.69, 9.17) is 9.47 Å². The second-order valence-electron chi connectivity index (χ2n) is 4.53. The number of nitrogens with zero attached hydrogens (tertiary/aromatic N) is 1. The summed E-state index contributed by atoms with van der Waals surface area (Å²) in [5.41, 5.74) is 0.979. The van der Waals surface area contributed by atoms with Crippen LogP contribution in [0, 0.1) is 0 Å². The van der Waals surface area contributed by atoms with Gasteiger partial charge in [-0.3, -0.25) is 0 Å². The lowest BCUT2D eigenvalue weighted by Crippen LogP contribution is -2.05. The molecule has 0 atom stereocenters. The highest BCUT2D eigenvalue weighted by Crippen LogP contribution is 2.25. The number of benzene rings is 2. The molecule has 6 heteroatoms. The molecule has 1 aromatic heterocycles. The molecule has 0 amide bonds. The van der Waals surface area contributed by atoms with E-state index in [2.05, 4.69) is 4.98 Å². The molecule has 0 spiro atoms. The molecular formula is C16H13NO4S. The van der Waals surface area contributed by atoms with Crippen LogP contribution in [0.4, 0.5) is 0 Å². The minimum absolute atomic E-state index is 0.0731. The maximum Gasteiger partial charge on any atom is 0.342 e. The second kappa shape index (κ2) is 6.03. The summed E-state index contributed by atoms with van der Waals surface area (Å²) in [6.07, 6.45) is 0. The Labute approximate surface area is 130 Å². The zero-order valence-electron chi connectivity index (χ0n) is 11.8. The third-order valence-corrected chi connectivity index (χ3v) is 4.10. The lowest BCUT2D eigenvalue weighted by molar-refractivity contribution is 0.0469. The maximum atomic E-state index is 12.0. The van der Waals surface area contributed by atoms with Crippen molar-refractivity contribution in [3.05, 3.63) is 53.0 Å². The Morgan fingerprint density at radius 1 is 1.27 bits per heavy atom. The van der Waals surface area contributed by atoms with Gasteiger partial charge in [-0.25, -0.2) is 9.78 Å². The molecule has 0 aliphatic rings.